The second-order valence-electron chi connectivity index (χ2n) is 4.17. The summed E-state index contributed by atoms with van der Waals surface area (Å²) in [6, 6.07) is 5.67. The largest absolute Gasteiger partial charge is 0.305 e. The Balaban J connectivity index is 1.99. The molecule has 3 rings (SSSR count). The van der Waals surface area contributed by atoms with Crippen molar-refractivity contribution in [2.75, 3.05) is 17.2 Å². The number of carbonyl (C=O) groups is 1. The molecule has 0 saturated heterocycles. The lowest BCUT2D eigenvalue weighted by Gasteiger charge is -2.28. The molecule has 0 N–H and O–H groups in total. The number of fused-ring (bicyclic) bond motifs is 1. The number of aromatic nitrogens is 1. The highest BCUT2D eigenvalue weighted by molar-refractivity contribution is 7.99. The van der Waals surface area contributed by atoms with Gasteiger partial charge in [-0.3, -0.25) is 4.79 Å². The van der Waals surface area contributed by atoms with Gasteiger partial charge in [-0.2, -0.15) is 0 Å². The molecule has 1 amide bonds. The number of amides is 1. The van der Waals surface area contributed by atoms with E-state index >= 15 is 0 Å². The zero-order valence-electron chi connectivity index (χ0n) is 10.2. The molecule has 19 heavy (non-hydrogen) atoms. The van der Waals surface area contributed by atoms with E-state index < -0.39 is 0 Å². The SMILES string of the molecule is Cc1nc(C(=O)N2CCSc3ccc(Cl)cc32)cs1. The monoisotopic (exact) mass is 310 g/mol. The number of halogens is 1. The molecular formula is C13H11ClN2OS2. The van der Waals surface area contributed by atoms with Gasteiger partial charge in [-0.05, 0) is 25.1 Å². The van der Waals surface area contributed by atoms with Crippen molar-refractivity contribution in [2.24, 2.45) is 0 Å². The van der Waals surface area contributed by atoms with Gasteiger partial charge in [0, 0.05) is 27.6 Å². The third-order valence-electron chi connectivity index (χ3n) is 2.87. The van der Waals surface area contributed by atoms with Crippen molar-refractivity contribution in [3.8, 4) is 0 Å². The molecule has 2 heterocycles. The maximum absolute atomic E-state index is 12.5. The van der Waals surface area contributed by atoms with Crippen LogP contribution in [0.3, 0.4) is 0 Å². The Hall–Kier alpha value is -1.04. The Morgan fingerprint density at radius 3 is 3.05 bits per heavy atom. The number of anilines is 1. The highest BCUT2D eigenvalue weighted by Crippen LogP contribution is 2.37. The number of hydrogen-bond donors (Lipinski definition) is 0. The minimum atomic E-state index is -0.0480. The smallest absolute Gasteiger partial charge is 0.277 e. The minimum Gasteiger partial charge on any atom is -0.305 e. The molecule has 0 bridgehead atoms. The van der Waals surface area contributed by atoms with Gasteiger partial charge in [-0.1, -0.05) is 11.6 Å². The summed E-state index contributed by atoms with van der Waals surface area (Å²) in [5.74, 6) is 0.844. The van der Waals surface area contributed by atoms with E-state index in [0.717, 1.165) is 21.3 Å². The van der Waals surface area contributed by atoms with Crippen LogP contribution in [0.4, 0.5) is 5.69 Å². The van der Waals surface area contributed by atoms with E-state index in [1.165, 1.54) is 11.3 Å². The minimum absolute atomic E-state index is 0.0480. The van der Waals surface area contributed by atoms with E-state index in [9.17, 15) is 4.79 Å². The molecule has 98 valence electrons. The van der Waals surface area contributed by atoms with Crippen molar-refractivity contribution < 1.29 is 4.79 Å². The molecule has 1 aliphatic heterocycles. The number of benzene rings is 1. The van der Waals surface area contributed by atoms with E-state index in [1.54, 1.807) is 16.7 Å². The predicted octanol–water partition coefficient (Wildman–Crippen LogP) is 3.86. The van der Waals surface area contributed by atoms with Crippen LogP contribution >= 0.6 is 34.7 Å². The van der Waals surface area contributed by atoms with E-state index in [2.05, 4.69) is 4.98 Å². The standard InChI is InChI=1S/C13H11ClN2OS2/c1-8-15-10(7-19-8)13(17)16-4-5-18-12-3-2-9(14)6-11(12)16/h2-3,6-7H,4-5H2,1H3. The molecule has 1 aromatic carbocycles. The first kappa shape index (κ1) is 13.0. The fourth-order valence-corrected chi connectivity index (χ4v) is 3.73. The van der Waals surface area contributed by atoms with Crippen LogP contribution in [0.1, 0.15) is 15.5 Å². The molecule has 2 aromatic rings. The van der Waals surface area contributed by atoms with Crippen molar-refractivity contribution in [2.45, 2.75) is 11.8 Å². The van der Waals surface area contributed by atoms with E-state index in [0.29, 0.717) is 17.3 Å². The topological polar surface area (TPSA) is 33.2 Å². The van der Waals surface area contributed by atoms with Gasteiger partial charge in [0.25, 0.3) is 5.91 Å². The second-order valence-corrected chi connectivity index (χ2v) is 6.80. The molecule has 0 radical (unpaired) electrons. The second kappa shape index (κ2) is 5.15. The highest BCUT2D eigenvalue weighted by Gasteiger charge is 2.25. The number of nitrogens with zero attached hydrogens (tertiary/aromatic N) is 2. The van der Waals surface area contributed by atoms with Gasteiger partial charge in [0.05, 0.1) is 10.7 Å². The first-order chi connectivity index (χ1) is 9.15. The molecule has 6 heteroatoms. The van der Waals surface area contributed by atoms with Crippen molar-refractivity contribution in [1.29, 1.82) is 0 Å². The van der Waals surface area contributed by atoms with E-state index in [4.69, 9.17) is 11.6 Å². The molecule has 0 aliphatic carbocycles. The lowest BCUT2D eigenvalue weighted by molar-refractivity contribution is 0.0983. The van der Waals surface area contributed by atoms with Crippen LogP contribution in [0.25, 0.3) is 0 Å². The van der Waals surface area contributed by atoms with Gasteiger partial charge in [0.2, 0.25) is 0 Å². The summed E-state index contributed by atoms with van der Waals surface area (Å²) in [6.07, 6.45) is 0. The Labute approximate surface area is 124 Å². The molecule has 0 spiro atoms. The maximum Gasteiger partial charge on any atom is 0.277 e. The summed E-state index contributed by atoms with van der Waals surface area (Å²) in [4.78, 5) is 19.6. The van der Waals surface area contributed by atoms with Crippen LogP contribution in [-0.2, 0) is 0 Å². The Kier molecular flexibility index (Phi) is 3.52. The van der Waals surface area contributed by atoms with Crippen molar-refractivity contribution in [3.63, 3.8) is 0 Å². The molecule has 1 aromatic heterocycles. The van der Waals surface area contributed by atoms with Crippen molar-refractivity contribution in [1.82, 2.24) is 4.98 Å². The van der Waals surface area contributed by atoms with Crippen LogP contribution in [0, 0.1) is 6.92 Å². The number of thioether (sulfide) groups is 1. The van der Waals surface area contributed by atoms with Crippen LogP contribution in [0.5, 0.6) is 0 Å². The molecule has 0 fully saturated rings. The third-order valence-corrected chi connectivity index (χ3v) is 4.92. The molecular weight excluding hydrogens is 300 g/mol. The molecule has 0 unspecified atom stereocenters. The highest BCUT2D eigenvalue weighted by atomic mass is 35.5. The normalized spacial score (nSPS) is 14.3. The Morgan fingerprint density at radius 1 is 1.47 bits per heavy atom. The summed E-state index contributed by atoms with van der Waals surface area (Å²) < 4.78 is 0. The maximum atomic E-state index is 12.5. The number of rotatable bonds is 1. The average Bonchev–Trinajstić information content (AvgIpc) is 2.84. The van der Waals surface area contributed by atoms with E-state index in [1.807, 2.05) is 30.5 Å². The van der Waals surface area contributed by atoms with Gasteiger partial charge in [-0.15, -0.1) is 23.1 Å². The Bertz CT molecular complexity index is 641. The average molecular weight is 311 g/mol. The summed E-state index contributed by atoms with van der Waals surface area (Å²) >= 11 is 9.28. The molecule has 0 saturated carbocycles. The first-order valence-corrected chi connectivity index (χ1v) is 8.06. The zero-order chi connectivity index (χ0) is 13.4. The van der Waals surface area contributed by atoms with E-state index in [-0.39, 0.29) is 5.91 Å². The van der Waals surface area contributed by atoms with Gasteiger partial charge in [-0.25, -0.2) is 4.98 Å². The van der Waals surface area contributed by atoms with Crippen LogP contribution in [-0.4, -0.2) is 23.2 Å². The van der Waals surface area contributed by atoms with Crippen molar-refractivity contribution >= 4 is 46.3 Å². The van der Waals surface area contributed by atoms with Gasteiger partial charge < -0.3 is 4.90 Å². The lowest BCUT2D eigenvalue weighted by Crippen LogP contribution is -2.35. The van der Waals surface area contributed by atoms with Gasteiger partial charge in [0.15, 0.2) is 0 Å². The fourth-order valence-electron chi connectivity index (χ4n) is 2.00. The molecule has 1 aliphatic rings. The van der Waals surface area contributed by atoms with Crippen LogP contribution in [0.2, 0.25) is 5.02 Å². The predicted molar refractivity (Wildman–Crippen MR) is 80.7 cm³/mol. The lowest BCUT2D eigenvalue weighted by atomic mass is 10.2. The zero-order valence-corrected chi connectivity index (χ0v) is 12.6. The van der Waals surface area contributed by atoms with Crippen LogP contribution in [0.15, 0.2) is 28.5 Å². The van der Waals surface area contributed by atoms with Gasteiger partial charge in [0.1, 0.15) is 5.69 Å². The summed E-state index contributed by atoms with van der Waals surface area (Å²) in [6.45, 7) is 2.59. The number of aryl methyl sites for hydroxylation is 1. The first-order valence-electron chi connectivity index (χ1n) is 5.81. The summed E-state index contributed by atoms with van der Waals surface area (Å²) in [7, 11) is 0. The third kappa shape index (κ3) is 2.50. The number of carbonyl (C=O) groups excluding carboxylic acids is 1. The van der Waals surface area contributed by atoms with Crippen molar-refractivity contribution in [3.05, 3.63) is 39.3 Å². The number of thiazole rings is 1. The quantitative estimate of drug-likeness (QED) is 0.802. The Morgan fingerprint density at radius 2 is 2.32 bits per heavy atom. The summed E-state index contributed by atoms with van der Waals surface area (Å²) in [5, 5.41) is 3.36. The van der Waals surface area contributed by atoms with Gasteiger partial charge >= 0.3 is 0 Å². The molecule has 3 nitrogen and oxygen atoms in total. The summed E-state index contributed by atoms with van der Waals surface area (Å²) in [5.41, 5.74) is 1.40. The number of hydrogen-bond acceptors (Lipinski definition) is 4. The molecule has 0 atom stereocenters. The fraction of sp³-hybridized carbons (Fsp3) is 0.231. The van der Waals surface area contributed by atoms with Crippen LogP contribution < -0.4 is 4.90 Å².